The molecule has 5 aromatic rings. The molecule has 5 heterocycles. The number of aromatic amines is 1. The van der Waals surface area contributed by atoms with Crippen LogP contribution in [0.1, 0.15) is 19.3 Å². The SMILES string of the molecule is NC1CCC1.O=c1ccc2ncc(-c3cc4c(N5CCN(c6ccccc6)CC5)nccc4o3)n2[nH]1. The van der Waals surface area contributed by atoms with E-state index >= 15 is 0 Å². The highest BCUT2D eigenvalue weighted by atomic mass is 16.3. The molecule has 1 aliphatic heterocycles. The molecule has 1 aliphatic carbocycles. The summed E-state index contributed by atoms with van der Waals surface area (Å²) in [5.41, 5.74) is 8.55. The minimum Gasteiger partial charge on any atom is -0.454 e. The van der Waals surface area contributed by atoms with Crippen molar-refractivity contribution in [3.63, 3.8) is 0 Å². The number of nitrogens with one attached hydrogen (secondary N) is 1. The summed E-state index contributed by atoms with van der Waals surface area (Å²) in [5, 5.41) is 3.74. The van der Waals surface area contributed by atoms with Gasteiger partial charge in [0.2, 0.25) is 0 Å². The van der Waals surface area contributed by atoms with Gasteiger partial charge in [0.1, 0.15) is 17.1 Å². The smallest absolute Gasteiger partial charge is 0.263 e. The molecule has 9 heteroatoms. The second-order valence-corrected chi connectivity index (χ2v) is 9.30. The van der Waals surface area contributed by atoms with E-state index in [4.69, 9.17) is 10.2 Å². The maximum absolute atomic E-state index is 11.8. The van der Waals surface area contributed by atoms with Gasteiger partial charge in [0, 0.05) is 50.2 Å². The van der Waals surface area contributed by atoms with Crippen LogP contribution in [0, 0.1) is 0 Å². The molecule has 0 atom stereocenters. The minimum atomic E-state index is -0.193. The molecule has 3 N–H and O–H groups in total. The Morgan fingerprint density at radius 2 is 1.69 bits per heavy atom. The average Bonchev–Trinajstić information content (AvgIpc) is 3.52. The van der Waals surface area contributed by atoms with Gasteiger partial charge in [0.15, 0.2) is 11.4 Å². The van der Waals surface area contributed by atoms with Gasteiger partial charge >= 0.3 is 0 Å². The van der Waals surface area contributed by atoms with Crippen LogP contribution in [-0.2, 0) is 0 Å². The standard InChI is InChI=1S/C23H20N6O2.C4H9N/c30-22-7-6-21-25-15-18(29(21)26-22)20-14-17-19(31-20)8-9-24-23(17)28-12-10-27(11-13-28)16-4-2-1-3-5-16;5-4-2-1-3-4/h1-9,14-15H,10-13H2,(H,26,30);4H,1-3,5H2. The molecular weight excluding hydrogens is 454 g/mol. The quantitative estimate of drug-likeness (QED) is 0.403. The number of imidazole rings is 1. The fourth-order valence-corrected chi connectivity index (χ4v) is 4.65. The third kappa shape index (κ3) is 4.33. The van der Waals surface area contributed by atoms with Crippen molar-refractivity contribution < 1.29 is 4.42 Å². The second kappa shape index (κ2) is 9.50. The molecule has 0 bridgehead atoms. The predicted molar refractivity (Wildman–Crippen MR) is 142 cm³/mol. The topological polar surface area (TPSA) is 109 Å². The van der Waals surface area contributed by atoms with Crippen LogP contribution >= 0.6 is 0 Å². The molecule has 184 valence electrons. The number of nitrogens with zero attached hydrogens (tertiary/aromatic N) is 5. The number of H-pyrrole nitrogens is 1. The zero-order valence-corrected chi connectivity index (χ0v) is 20.0. The van der Waals surface area contributed by atoms with Gasteiger partial charge in [-0.2, -0.15) is 0 Å². The van der Waals surface area contributed by atoms with Gasteiger partial charge in [-0.3, -0.25) is 9.89 Å². The lowest BCUT2D eigenvalue weighted by Gasteiger charge is -2.36. The van der Waals surface area contributed by atoms with Crippen LogP contribution in [0.25, 0.3) is 28.1 Å². The summed E-state index contributed by atoms with van der Waals surface area (Å²) in [6.07, 6.45) is 7.38. The van der Waals surface area contributed by atoms with E-state index in [2.05, 4.69) is 49.1 Å². The van der Waals surface area contributed by atoms with Crippen molar-refractivity contribution in [2.24, 2.45) is 5.73 Å². The Morgan fingerprint density at radius 3 is 2.42 bits per heavy atom. The van der Waals surface area contributed by atoms with Crippen molar-refractivity contribution in [1.82, 2.24) is 19.6 Å². The number of furan rings is 1. The fraction of sp³-hybridized carbons (Fsp3) is 0.296. The van der Waals surface area contributed by atoms with Crippen LogP contribution in [0.15, 0.2) is 76.2 Å². The molecule has 0 radical (unpaired) electrons. The van der Waals surface area contributed by atoms with Crippen molar-refractivity contribution >= 4 is 28.1 Å². The van der Waals surface area contributed by atoms with Gasteiger partial charge in [-0.1, -0.05) is 24.6 Å². The molecular formula is C27H29N7O2. The van der Waals surface area contributed by atoms with Crippen molar-refractivity contribution in [3.8, 4) is 11.5 Å². The first-order valence-corrected chi connectivity index (χ1v) is 12.4. The van der Waals surface area contributed by atoms with Crippen molar-refractivity contribution in [2.45, 2.75) is 25.3 Å². The number of hydrogen-bond donors (Lipinski definition) is 2. The first kappa shape index (κ1) is 22.4. The first-order valence-electron chi connectivity index (χ1n) is 12.4. The number of aromatic nitrogens is 4. The van der Waals surface area contributed by atoms with Crippen molar-refractivity contribution in [3.05, 3.63) is 77.3 Å². The van der Waals surface area contributed by atoms with Gasteiger partial charge in [-0.15, -0.1) is 0 Å². The second-order valence-electron chi connectivity index (χ2n) is 9.30. The summed E-state index contributed by atoms with van der Waals surface area (Å²) in [4.78, 5) is 25.5. The zero-order valence-electron chi connectivity index (χ0n) is 20.0. The Balaban J connectivity index is 0.000000431. The maximum atomic E-state index is 11.8. The van der Waals surface area contributed by atoms with Gasteiger partial charge < -0.3 is 20.0 Å². The highest BCUT2D eigenvalue weighted by Crippen LogP contribution is 2.33. The number of para-hydroxylation sites is 1. The number of piperazine rings is 1. The number of benzene rings is 1. The lowest BCUT2D eigenvalue weighted by molar-refractivity contribution is 0.418. The van der Waals surface area contributed by atoms with Crippen molar-refractivity contribution in [1.29, 1.82) is 0 Å². The highest BCUT2D eigenvalue weighted by molar-refractivity contribution is 5.92. The zero-order chi connectivity index (χ0) is 24.5. The highest BCUT2D eigenvalue weighted by Gasteiger charge is 2.22. The van der Waals surface area contributed by atoms with E-state index in [1.165, 1.54) is 31.0 Å². The minimum absolute atomic E-state index is 0.193. The summed E-state index contributed by atoms with van der Waals surface area (Å²) in [6, 6.07) is 18.1. The lowest BCUT2D eigenvalue weighted by atomic mass is 9.95. The van der Waals surface area contributed by atoms with E-state index in [0.717, 1.165) is 43.0 Å². The number of pyridine rings is 1. The number of hydrogen-bond acceptors (Lipinski definition) is 7. The van der Waals surface area contributed by atoms with E-state index in [0.29, 0.717) is 23.1 Å². The Hall–Kier alpha value is -4.11. The molecule has 2 aliphatic rings. The van der Waals surface area contributed by atoms with E-state index in [9.17, 15) is 4.79 Å². The van der Waals surface area contributed by atoms with Crippen LogP contribution in [0.3, 0.4) is 0 Å². The number of nitrogens with two attached hydrogens (primary N) is 1. The van der Waals surface area contributed by atoms with Gasteiger partial charge in [0.25, 0.3) is 5.56 Å². The number of fused-ring (bicyclic) bond motifs is 2. The Morgan fingerprint density at radius 1 is 0.944 bits per heavy atom. The van der Waals surface area contributed by atoms with Gasteiger partial charge in [0.05, 0.1) is 11.6 Å². The molecule has 7 rings (SSSR count). The summed E-state index contributed by atoms with van der Waals surface area (Å²) in [7, 11) is 0. The van der Waals surface area contributed by atoms with Crippen molar-refractivity contribution in [2.75, 3.05) is 36.0 Å². The molecule has 1 aromatic carbocycles. The molecule has 0 spiro atoms. The van der Waals surface area contributed by atoms with Crippen LogP contribution in [0.5, 0.6) is 0 Å². The van der Waals surface area contributed by atoms with E-state index in [1.54, 1.807) is 23.0 Å². The summed E-state index contributed by atoms with van der Waals surface area (Å²) in [6.45, 7) is 3.62. The molecule has 9 nitrogen and oxygen atoms in total. The molecule has 0 unspecified atom stereocenters. The summed E-state index contributed by atoms with van der Waals surface area (Å²) < 4.78 is 7.77. The Bertz CT molecular complexity index is 1530. The third-order valence-electron chi connectivity index (χ3n) is 6.92. The largest absolute Gasteiger partial charge is 0.454 e. The van der Waals surface area contributed by atoms with Crippen LogP contribution in [0.2, 0.25) is 0 Å². The van der Waals surface area contributed by atoms with Crippen LogP contribution < -0.4 is 21.1 Å². The molecule has 1 saturated heterocycles. The Kier molecular flexibility index (Phi) is 5.90. The molecule has 2 fully saturated rings. The summed E-state index contributed by atoms with van der Waals surface area (Å²) in [5.74, 6) is 1.56. The predicted octanol–water partition coefficient (Wildman–Crippen LogP) is 3.66. The maximum Gasteiger partial charge on any atom is 0.263 e. The number of anilines is 2. The van der Waals surface area contributed by atoms with Gasteiger partial charge in [-0.25, -0.2) is 14.5 Å². The Labute approximate surface area is 208 Å². The van der Waals surface area contributed by atoms with Crippen LogP contribution in [-0.4, -0.2) is 51.8 Å². The number of rotatable bonds is 3. The summed E-state index contributed by atoms with van der Waals surface area (Å²) >= 11 is 0. The lowest BCUT2D eigenvalue weighted by Crippen LogP contribution is -2.46. The molecule has 1 saturated carbocycles. The van der Waals surface area contributed by atoms with Gasteiger partial charge in [-0.05, 0) is 43.2 Å². The monoisotopic (exact) mass is 483 g/mol. The van der Waals surface area contributed by atoms with E-state index < -0.39 is 0 Å². The van der Waals surface area contributed by atoms with E-state index in [-0.39, 0.29) is 5.56 Å². The fourth-order valence-electron chi connectivity index (χ4n) is 4.65. The first-order chi connectivity index (χ1) is 17.7. The van der Waals surface area contributed by atoms with Crippen LogP contribution in [0.4, 0.5) is 11.5 Å². The normalized spacial score (nSPS) is 16.1. The molecule has 36 heavy (non-hydrogen) atoms. The average molecular weight is 484 g/mol. The molecule has 0 amide bonds. The third-order valence-corrected chi connectivity index (χ3v) is 6.92. The molecule has 4 aromatic heterocycles. The van der Waals surface area contributed by atoms with E-state index in [1.807, 2.05) is 18.2 Å².